The van der Waals surface area contributed by atoms with Crippen LogP contribution in [0.3, 0.4) is 0 Å². The maximum Gasteiger partial charge on any atom is 0.258 e. The van der Waals surface area contributed by atoms with E-state index in [-0.39, 0.29) is 5.56 Å². The molecular formula is C14H12N2O. The quantitative estimate of drug-likeness (QED) is 0.624. The van der Waals surface area contributed by atoms with E-state index in [9.17, 15) is 4.79 Å². The van der Waals surface area contributed by atoms with Crippen LogP contribution in [0.25, 0.3) is 21.7 Å². The van der Waals surface area contributed by atoms with Gasteiger partial charge < -0.3 is 10.3 Å². The predicted octanol–water partition coefficient (Wildman–Crippen LogP) is 2.72. The molecule has 0 bridgehead atoms. The van der Waals surface area contributed by atoms with Crippen molar-refractivity contribution in [3.05, 3.63) is 52.8 Å². The highest BCUT2D eigenvalue weighted by Gasteiger charge is 2.07. The van der Waals surface area contributed by atoms with Crippen molar-refractivity contribution in [3.8, 4) is 0 Å². The number of fused-ring (bicyclic) bond motifs is 3. The molecule has 2 N–H and O–H groups in total. The maximum atomic E-state index is 12.1. The number of anilines is 1. The predicted molar refractivity (Wildman–Crippen MR) is 71.6 cm³/mol. The molecule has 84 valence electrons. The van der Waals surface area contributed by atoms with E-state index in [2.05, 4.69) is 10.3 Å². The second kappa shape index (κ2) is 3.63. The Kier molecular flexibility index (Phi) is 2.11. The first-order chi connectivity index (χ1) is 8.31. The van der Waals surface area contributed by atoms with Gasteiger partial charge in [-0.1, -0.05) is 30.3 Å². The second-order valence-electron chi connectivity index (χ2n) is 3.98. The van der Waals surface area contributed by atoms with Crippen molar-refractivity contribution in [2.24, 2.45) is 0 Å². The number of rotatable bonds is 1. The van der Waals surface area contributed by atoms with Gasteiger partial charge in [0.1, 0.15) is 0 Å². The van der Waals surface area contributed by atoms with Gasteiger partial charge in [0.2, 0.25) is 0 Å². The number of hydrogen-bond acceptors (Lipinski definition) is 2. The van der Waals surface area contributed by atoms with Gasteiger partial charge in [0.25, 0.3) is 5.56 Å². The summed E-state index contributed by atoms with van der Waals surface area (Å²) >= 11 is 0. The summed E-state index contributed by atoms with van der Waals surface area (Å²) in [5.74, 6) is 0. The summed E-state index contributed by atoms with van der Waals surface area (Å²) in [6.45, 7) is 0. The molecule has 0 amide bonds. The first-order valence-corrected chi connectivity index (χ1v) is 5.53. The number of hydrogen-bond donors (Lipinski definition) is 2. The van der Waals surface area contributed by atoms with Crippen LogP contribution >= 0.6 is 0 Å². The fourth-order valence-electron chi connectivity index (χ4n) is 2.24. The van der Waals surface area contributed by atoms with Gasteiger partial charge in [-0.2, -0.15) is 0 Å². The Bertz CT molecular complexity index is 759. The van der Waals surface area contributed by atoms with E-state index >= 15 is 0 Å². The molecule has 0 saturated heterocycles. The topological polar surface area (TPSA) is 44.9 Å². The lowest BCUT2D eigenvalue weighted by molar-refractivity contribution is 1.34. The molecule has 0 aliphatic carbocycles. The Labute approximate surface area is 98.1 Å². The van der Waals surface area contributed by atoms with Crippen molar-refractivity contribution in [2.45, 2.75) is 0 Å². The Morgan fingerprint density at radius 1 is 1.00 bits per heavy atom. The zero-order valence-corrected chi connectivity index (χ0v) is 9.45. The standard InChI is InChI=1S/C14H12N2O/c1-15-12-8-4-6-10-9-5-2-3-7-11(9)16-14(17)13(10)12/h2-8,15H,1H3,(H,16,17). The fourth-order valence-corrected chi connectivity index (χ4v) is 2.24. The van der Waals surface area contributed by atoms with Crippen molar-refractivity contribution in [1.29, 1.82) is 0 Å². The van der Waals surface area contributed by atoms with E-state index in [1.165, 1.54) is 0 Å². The van der Waals surface area contributed by atoms with E-state index in [4.69, 9.17) is 0 Å². The molecule has 17 heavy (non-hydrogen) atoms. The molecule has 1 heterocycles. The molecule has 3 rings (SSSR count). The van der Waals surface area contributed by atoms with Crippen LogP contribution in [0.5, 0.6) is 0 Å². The zero-order valence-electron chi connectivity index (χ0n) is 9.45. The molecule has 0 radical (unpaired) electrons. The smallest absolute Gasteiger partial charge is 0.258 e. The average molecular weight is 224 g/mol. The number of benzene rings is 2. The molecule has 0 fully saturated rings. The lowest BCUT2D eigenvalue weighted by atomic mass is 10.1. The second-order valence-corrected chi connectivity index (χ2v) is 3.98. The molecule has 3 nitrogen and oxygen atoms in total. The highest BCUT2D eigenvalue weighted by Crippen LogP contribution is 2.25. The van der Waals surface area contributed by atoms with Gasteiger partial charge in [-0.3, -0.25) is 4.79 Å². The number of pyridine rings is 1. The lowest BCUT2D eigenvalue weighted by Gasteiger charge is -2.07. The molecular weight excluding hydrogens is 212 g/mol. The maximum absolute atomic E-state index is 12.1. The molecule has 3 heteroatoms. The van der Waals surface area contributed by atoms with E-state index < -0.39 is 0 Å². The van der Waals surface area contributed by atoms with Gasteiger partial charge >= 0.3 is 0 Å². The van der Waals surface area contributed by atoms with Gasteiger partial charge in [0, 0.05) is 23.6 Å². The van der Waals surface area contributed by atoms with Crippen LogP contribution in [0.4, 0.5) is 5.69 Å². The minimum atomic E-state index is -0.0522. The number of aromatic nitrogens is 1. The summed E-state index contributed by atoms with van der Waals surface area (Å²) in [5, 5.41) is 5.82. The lowest BCUT2D eigenvalue weighted by Crippen LogP contribution is -2.08. The molecule has 0 spiro atoms. The van der Waals surface area contributed by atoms with Crippen molar-refractivity contribution < 1.29 is 0 Å². The molecule has 3 aromatic rings. The first kappa shape index (κ1) is 9.90. The first-order valence-electron chi connectivity index (χ1n) is 5.53. The minimum Gasteiger partial charge on any atom is -0.387 e. The molecule has 0 aliphatic rings. The van der Waals surface area contributed by atoms with Crippen molar-refractivity contribution in [3.63, 3.8) is 0 Å². The third kappa shape index (κ3) is 1.40. The Morgan fingerprint density at radius 2 is 1.76 bits per heavy atom. The van der Waals surface area contributed by atoms with E-state index in [0.29, 0.717) is 5.39 Å². The van der Waals surface area contributed by atoms with E-state index in [1.807, 2.05) is 49.5 Å². The van der Waals surface area contributed by atoms with Gasteiger partial charge in [0.05, 0.1) is 5.39 Å². The number of aromatic amines is 1. The van der Waals surface area contributed by atoms with Crippen LogP contribution in [0, 0.1) is 0 Å². The summed E-state index contributed by atoms with van der Waals surface area (Å²) in [4.78, 5) is 15.0. The number of nitrogens with one attached hydrogen (secondary N) is 2. The summed E-state index contributed by atoms with van der Waals surface area (Å²) in [7, 11) is 1.82. The van der Waals surface area contributed by atoms with Crippen molar-refractivity contribution in [2.75, 3.05) is 12.4 Å². The Balaban J connectivity index is 2.63. The number of H-pyrrole nitrogens is 1. The highest BCUT2D eigenvalue weighted by molar-refractivity contribution is 6.09. The average Bonchev–Trinajstić information content (AvgIpc) is 2.38. The van der Waals surface area contributed by atoms with Gasteiger partial charge in [-0.15, -0.1) is 0 Å². The summed E-state index contributed by atoms with van der Waals surface area (Å²) in [6, 6.07) is 13.7. The van der Waals surface area contributed by atoms with Gasteiger partial charge in [0.15, 0.2) is 0 Å². The van der Waals surface area contributed by atoms with Crippen LogP contribution < -0.4 is 10.9 Å². The van der Waals surface area contributed by atoms with E-state index in [1.54, 1.807) is 0 Å². The molecule has 2 aromatic carbocycles. The van der Waals surface area contributed by atoms with Gasteiger partial charge in [-0.25, -0.2) is 0 Å². The number of para-hydroxylation sites is 1. The Hall–Kier alpha value is -2.29. The monoisotopic (exact) mass is 224 g/mol. The van der Waals surface area contributed by atoms with Gasteiger partial charge in [-0.05, 0) is 17.5 Å². The fraction of sp³-hybridized carbons (Fsp3) is 0.0714. The summed E-state index contributed by atoms with van der Waals surface area (Å²) in [6.07, 6.45) is 0. The summed E-state index contributed by atoms with van der Waals surface area (Å²) in [5.41, 5.74) is 1.68. The zero-order chi connectivity index (χ0) is 11.8. The molecule has 0 aliphatic heterocycles. The van der Waals surface area contributed by atoms with Crippen molar-refractivity contribution >= 4 is 27.4 Å². The summed E-state index contributed by atoms with van der Waals surface area (Å²) < 4.78 is 0. The molecule has 0 saturated carbocycles. The van der Waals surface area contributed by atoms with Crippen LogP contribution in [0.2, 0.25) is 0 Å². The van der Waals surface area contributed by atoms with Crippen LogP contribution in [-0.4, -0.2) is 12.0 Å². The SMILES string of the molecule is CNc1cccc2c1c(=O)[nH]c1ccccc12. The van der Waals surface area contributed by atoms with Crippen LogP contribution in [0.1, 0.15) is 0 Å². The molecule has 0 atom stereocenters. The van der Waals surface area contributed by atoms with Crippen LogP contribution in [-0.2, 0) is 0 Å². The van der Waals surface area contributed by atoms with Crippen molar-refractivity contribution in [1.82, 2.24) is 4.98 Å². The third-order valence-electron chi connectivity index (χ3n) is 3.03. The molecule has 0 unspecified atom stereocenters. The molecule has 1 aromatic heterocycles. The Morgan fingerprint density at radius 3 is 2.59 bits per heavy atom. The van der Waals surface area contributed by atoms with E-state index in [0.717, 1.165) is 22.0 Å². The third-order valence-corrected chi connectivity index (χ3v) is 3.03. The highest BCUT2D eigenvalue weighted by atomic mass is 16.1. The van der Waals surface area contributed by atoms with Crippen LogP contribution in [0.15, 0.2) is 47.3 Å². The minimum absolute atomic E-state index is 0.0522. The normalized spacial score (nSPS) is 10.9. The largest absolute Gasteiger partial charge is 0.387 e.